The van der Waals surface area contributed by atoms with Crippen LogP contribution in [-0.4, -0.2) is 15.6 Å². The summed E-state index contributed by atoms with van der Waals surface area (Å²) in [5.41, 5.74) is 1.00. The predicted octanol–water partition coefficient (Wildman–Crippen LogP) is 3.12. The summed E-state index contributed by atoms with van der Waals surface area (Å²) in [7, 11) is 0. The second-order valence-corrected chi connectivity index (χ2v) is 4.29. The average molecular weight is 267 g/mol. The van der Waals surface area contributed by atoms with E-state index in [1.165, 1.54) is 18.3 Å². The van der Waals surface area contributed by atoms with Crippen molar-refractivity contribution >= 4 is 17.4 Å². The Balaban J connectivity index is 2.24. The van der Waals surface area contributed by atoms with Crippen molar-refractivity contribution in [3.63, 3.8) is 0 Å². The normalized spacial score (nSPS) is 10.6. The minimum absolute atomic E-state index is 0.114. The number of Topliss-reactive ketones (excluding diaryl/α,β-unsaturated/α-hetero) is 1. The molecule has 2 rings (SSSR count). The fraction of sp³-hybridized carbons (Fsp3) is 0.231. The molecule has 0 unspecified atom stereocenters. The molecule has 1 aromatic carbocycles. The third-order valence-electron chi connectivity index (χ3n) is 2.61. The molecule has 2 aromatic rings. The molecule has 0 radical (unpaired) electrons. The van der Waals surface area contributed by atoms with E-state index in [9.17, 15) is 9.18 Å². The van der Waals surface area contributed by atoms with Gasteiger partial charge in [-0.3, -0.25) is 9.48 Å². The SMILES string of the molecule is CCn1ncc(Cl)c1C(=O)Cc1cccc(F)c1. The Morgan fingerprint density at radius 2 is 2.28 bits per heavy atom. The molecule has 0 fully saturated rings. The summed E-state index contributed by atoms with van der Waals surface area (Å²) in [6.45, 7) is 2.44. The standard InChI is InChI=1S/C13H12ClFN2O/c1-2-17-13(11(14)8-16-17)12(18)7-9-4-3-5-10(15)6-9/h3-6,8H,2,7H2,1H3. The van der Waals surface area contributed by atoms with Crippen LogP contribution in [0, 0.1) is 5.82 Å². The van der Waals surface area contributed by atoms with E-state index in [0.29, 0.717) is 22.8 Å². The van der Waals surface area contributed by atoms with E-state index in [4.69, 9.17) is 11.6 Å². The van der Waals surface area contributed by atoms with Gasteiger partial charge in [-0.2, -0.15) is 5.10 Å². The summed E-state index contributed by atoms with van der Waals surface area (Å²) in [5.74, 6) is -0.514. The summed E-state index contributed by atoms with van der Waals surface area (Å²) in [5, 5.41) is 4.34. The first kappa shape index (κ1) is 12.8. The van der Waals surface area contributed by atoms with E-state index < -0.39 is 0 Å². The van der Waals surface area contributed by atoms with Gasteiger partial charge in [0.25, 0.3) is 0 Å². The fourth-order valence-corrected chi connectivity index (χ4v) is 2.04. The van der Waals surface area contributed by atoms with Gasteiger partial charge in [0.2, 0.25) is 0 Å². The lowest BCUT2D eigenvalue weighted by Crippen LogP contribution is -2.12. The molecular formula is C13H12ClFN2O. The number of nitrogens with zero attached hydrogens (tertiary/aromatic N) is 2. The number of aryl methyl sites for hydroxylation is 1. The fourth-order valence-electron chi connectivity index (χ4n) is 1.80. The lowest BCUT2D eigenvalue weighted by Gasteiger charge is -2.05. The molecular weight excluding hydrogens is 255 g/mol. The van der Waals surface area contributed by atoms with E-state index in [2.05, 4.69) is 5.10 Å². The second kappa shape index (κ2) is 5.31. The zero-order chi connectivity index (χ0) is 13.1. The molecule has 0 saturated carbocycles. The Labute approximate surface area is 109 Å². The highest BCUT2D eigenvalue weighted by Crippen LogP contribution is 2.18. The maximum absolute atomic E-state index is 13.0. The third-order valence-corrected chi connectivity index (χ3v) is 2.89. The molecule has 5 heteroatoms. The molecule has 1 aromatic heterocycles. The highest BCUT2D eigenvalue weighted by molar-refractivity contribution is 6.33. The topological polar surface area (TPSA) is 34.9 Å². The van der Waals surface area contributed by atoms with Crippen molar-refractivity contribution in [3.05, 3.63) is 52.6 Å². The number of rotatable bonds is 4. The summed E-state index contributed by atoms with van der Waals surface area (Å²) in [6.07, 6.45) is 1.56. The molecule has 1 heterocycles. The molecule has 0 amide bonds. The molecule has 18 heavy (non-hydrogen) atoms. The van der Waals surface area contributed by atoms with Crippen LogP contribution in [0.25, 0.3) is 0 Å². The first-order valence-corrected chi connectivity index (χ1v) is 5.98. The van der Waals surface area contributed by atoms with Gasteiger partial charge in [0.15, 0.2) is 5.78 Å². The van der Waals surface area contributed by atoms with Gasteiger partial charge < -0.3 is 0 Å². The predicted molar refractivity (Wildman–Crippen MR) is 67.3 cm³/mol. The Kier molecular flexibility index (Phi) is 3.77. The van der Waals surface area contributed by atoms with Crippen molar-refractivity contribution < 1.29 is 9.18 Å². The molecule has 0 atom stereocenters. The number of carbonyl (C=O) groups excluding carboxylic acids is 1. The summed E-state index contributed by atoms with van der Waals surface area (Å²) in [6, 6.07) is 5.98. The number of hydrogen-bond acceptors (Lipinski definition) is 2. The average Bonchev–Trinajstić information content (AvgIpc) is 2.70. The summed E-state index contributed by atoms with van der Waals surface area (Å²) in [4.78, 5) is 12.1. The van der Waals surface area contributed by atoms with Gasteiger partial charge in [-0.05, 0) is 24.6 Å². The highest BCUT2D eigenvalue weighted by Gasteiger charge is 2.17. The van der Waals surface area contributed by atoms with Crippen molar-refractivity contribution in [3.8, 4) is 0 Å². The number of ketones is 1. The first-order valence-electron chi connectivity index (χ1n) is 5.60. The van der Waals surface area contributed by atoms with Gasteiger partial charge in [0, 0.05) is 13.0 Å². The molecule has 0 aliphatic rings. The molecule has 0 spiro atoms. The van der Waals surface area contributed by atoms with Crippen LogP contribution in [0.5, 0.6) is 0 Å². The maximum atomic E-state index is 13.0. The zero-order valence-electron chi connectivity index (χ0n) is 9.86. The summed E-state index contributed by atoms with van der Waals surface area (Å²) < 4.78 is 14.6. The molecule has 0 aliphatic heterocycles. The van der Waals surface area contributed by atoms with E-state index in [0.717, 1.165) is 0 Å². The summed E-state index contributed by atoms with van der Waals surface area (Å²) >= 11 is 5.94. The van der Waals surface area contributed by atoms with Crippen molar-refractivity contribution in [2.75, 3.05) is 0 Å². The smallest absolute Gasteiger partial charge is 0.186 e. The Bertz CT molecular complexity index is 580. The van der Waals surface area contributed by atoms with Gasteiger partial charge in [0.05, 0.1) is 11.2 Å². The van der Waals surface area contributed by atoms with E-state index in [1.807, 2.05) is 6.92 Å². The number of carbonyl (C=O) groups is 1. The van der Waals surface area contributed by atoms with Crippen molar-refractivity contribution in [1.82, 2.24) is 9.78 Å². The first-order chi connectivity index (χ1) is 8.61. The van der Waals surface area contributed by atoms with Crippen LogP contribution in [0.4, 0.5) is 4.39 Å². The van der Waals surface area contributed by atoms with Gasteiger partial charge >= 0.3 is 0 Å². The van der Waals surface area contributed by atoms with E-state index >= 15 is 0 Å². The van der Waals surface area contributed by atoms with Crippen LogP contribution in [0.1, 0.15) is 23.0 Å². The van der Waals surface area contributed by atoms with Crippen LogP contribution >= 0.6 is 11.6 Å². The largest absolute Gasteiger partial charge is 0.292 e. The molecule has 0 saturated heterocycles. The molecule has 0 aliphatic carbocycles. The quantitative estimate of drug-likeness (QED) is 0.797. The third kappa shape index (κ3) is 2.59. The monoisotopic (exact) mass is 266 g/mol. The lowest BCUT2D eigenvalue weighted by molar-refractivity contribution is 0.0983. The van der Waals surface area contributed by atoms with Crippen LogP contribution in [-0.2, 0) is 13.0 Å². The Morgan fingerprint density at radius 1 is 1.50 bits per heavy atom. The van der Waals surface area contributed by atoms with E-state index in [-0.39, 0.29) is 18.0 Å². The number of benzene rings is 1. The van der Waals surface area contributed by atoms with Crippen molar-refractivity contribution in [2.24, 2.45) is 0 Å². The van der Waals surface area contributed by atoms with Crippen LogP contribution in [0.15, 0.2) is 30.5 Å². The number of hydrogen-bond donors (Lipinski definition) is 0. The minimum Gasteiger partial charge on any atom is -0.292 e. The second-order valence-electron chi connectivity index (χ2n) is 3.89. The maximum Gasteiger partial charge on any atom is 0.186 e. The van der Waals surface area contributed by atoms with Crippen LogP contribution in [0.3, 0.4) is 0 Å². The van der Waals surface area contributed by atoms with Gasteiger partial charge in [-0.15, -0.1) is 0 Å². The van der Waals surface area contributed by atoms with Gasteiger partial charge in [-0.25, -0.2) is 4.39 Å². The van der Waals surface area contributed by atoms with E-state index in [1.54, 1.807) is 16.8 Å². The van der Waals surface area contributed by atoms with Crippen LogP contribution < -0.4 is 0 Å². The molecule has 0 bridgehead atoms. The lowest BCUT2D eigenvalue weighted by atomic mass is 10.1. The van der Waals surface area contributed by atoms with Crippen LogP contribution in [0.2, 0.25) is 5.02 Å². The van der Waals surface area contributed by atoms with Crippen molar-refractivity contribution in [1.29, 1.82) is 0 Å². The molecule has 3 nitrogen and oxygen atoms in total. The zero-order valence-corrected chi connectivity index (χ0v) is 10.6. The Morgan fingerprint density at radius 3 is 2.94 bits per heavy atom. The van der Waals surface area contributed by atoms with Crippen molar-refractivity contribution in [2.45, 2.75) is 19.9 Å². The number of halogens is 2. The molecule has 0 N–H and O–H groups in total. The Hall–Kier alpha value is -1.68. The molecule has 94 valence electrons. The highest BCUT2D eigenvalue weighted by atomic mass is 35.5. The minimum atomic E-state index is -0.351. The van der Waals surface area contributed by atoms with Gasteiger partial charge in [0.1, 0.15) is 11.5 Å². The van der Waals surface area contributed by atoms with Gasteiger partial charge in [-0.1, -0.05) is 23.7 Å². The number of aromatic nitrogens is 2.